The molecule has 2 aromatic rings. The van der Waals surface area contributed by atoms with Gasteiger partial charge in [0.2, 0.25) is 10.0 Å². The molecule has 2 aromatic carbocycles. The summed E-state index contributed by atoms with van der Waals surface area (Å²) in [6, 6.07) is 12.8. The van der Waals surface area contributed by atoms with Crippen molar-refractivity contribution >= 4 is 20.8 Å². The van der Waals surface area contributed by atoms with Crippen LogP contribution in [0, 0.1) is 5.92 Å². The Morgan fingerprint density at radius 1 is 1.19 bits per heavy atom. The zero-order chi connectivity index (χ0) is 15.0. The van der Waals surface area contributed by atoms with Crippen molar-refractivity contribution in [2.45, 2.75) is 23.8 Å². The highest BCUT2D eigenvalue weighted by Crippen LogP contribution is 2.33. The van der Waals surface area contributed by atoms with E-state index in [1.807, 2.05) is 30.3 Å². The van der Waals surface area contributed by atoms with Gasteiger partial charge in [0.1, 0.15) is 0 Å². The number of aliphatic hydroxyl groups is 1. The minimum atomic E-state index is -3.56. The summed E-state index contributed by atoms with van der Waals surface area (Å²) in [5, 5.41) is 11.8. The number of hydrogen-bond donors (Lipinski definition) is 1. The third-order valence-corrected chi connectivity index (χ3v) is 5.86. The summed E-state index contributed by atoms with van der Waals surface area (Å²) >= 11 is 0. The number of benzene rings is 2. The van der Waals surface area contributed by atoms with E-state index in [4.69, 9.17) is 0 Å². The second-order valence-corrected chi connectivity index (χ2v) is 7.74. The lowest BCUT2D eigenvalue weighted by atomic mass is 10.1. The van der Waals surface area contributed by atoms with Crippen LogP contribution in [0.5, 0.6) is 0 Å². The first-order valence-electron chi connectivity index (χ1n) is 7.12. The molecule has 112 valence electrons. The summed E-state index contributed by atoms with van der Waals surface area (Å²) in [6.45, 7) is 0.153. The standard InChI is InChI=1S/C16H19NO3S/c1-17(11-16(18)13-6-7-13)21(19,20)15-9-8-12-4-2-3-5-14(12)10-15/h2-5,8-10,13,16,18H,6-7,11H2,1H3. The Balaban J connectivity index is 1.87. The fourth-order valence-corrected chi connectivity index (χ4v) is 3.72. The van der Waals surface area contributed by atoms with Gasteiger partial charge in [0.05, 0.1) is 11.0 Å². The van der Waals surface area contributed by atoms with Gasteiger partial charge < -0.3 is 5.11 Å². The first-order chi connectivity index (χ1) is 9.98. The number of rotatable bonds is 5. The molecule has 3 rings (SSSR count). The van der Waals surface area contributed by atoms with Gasteiger partial charge in [-0.1, -0.05) is 30.3 Å². The Morgan fingerprint density at radius 3 is 2.52 bits per heavy atom. The molecule has 0 aromatic heterocycles. The molecule has 0 heterocycles. The van der Waals surface area contributed by atoms with Crippen LogP contribution in [0.2, 0.25) is 0 Å². The van der Waals surface area contributed by atoms with Crippen LogP contribution < -0.4 is 0 Å². The normalized spacial score (nSPS) is 17.3. The van der Waals surface area contributed by atoms with Crippen LogP contribution in [0.3, 0.4) is 0 Å². The van der Waals surface area contributed by atoms with E-state index in [1.165, 1.54) is 11.4 Å². The van der Waals surface area contributed by atoms with Gasteiger partial charge in [0, 0.05) is 13.6 Å². The maximum absolute atomic E-state index is 12.6. The molecule has 0 radical (unpaired) electrons. The van der Waals surface area contributed by atoms with Crippen molar-refractivity contribution in [1.29, 1.82) is 0 Å². The Hall–Kier alpha value is -1.43. The Morgan fingerprint density at radius 2 is 1.86 bits per heavy atom. The predicted molar refractivity (Wildman–Crippen MR) is 82.5 cm³/mol. The van der Waals surface area contributed by atoms with Gasteiger partial charge >= 0.3 is 0 Å². The number of fused-ring (bicyclic) bond motifs is 1. The van der Waals surface area contributed by atoms with Crippen LogP contribution in [0.15, 0.2) is 47.4 Å². The molecule has 4 nitrogen and oxygen atoms in total. The fraction of sp³-hybridized carbons (Fsp3) is 0.375. The minimum Gasteiger partial charge on any atom is -0.391 e. The molecule has 1 fully saturated rings. The number of hydrogen-bond acceptors (Lipinski definition) is 3. The first kappa shape index (κ1) is 14.5. The number of nitrogens with zero attached hydrogens (tertiary/aromatic N) is 1. The van der Waals surface area contributed by atoms with Crippen LogP contribution in [0.4, 0.5) is 0 Å². The highest BCUT2D eigenvalue weighted by Gasteiger charge is 2.33. The Kier molecular flexibility index (Phi) is 3.73. The smallest absolute Gasteiger partial charge is 0.242 e. The number of sulfonamides is 1. The Bertz CT molecular complexity index is 753. The predicted octanol–water partition coefficient (Wildman–Crippen LogP) is 2.23. The molecule has 0 spiro atoms. The third kappa shape index (κ3) is 2.95. The van der Waals surface area contributed by atoms with Crippen molar-refractivity contribution < 1.29 is 13.5 Å². The lowest BCUT2D eigenvalue weighted by molar-refractivity contribution is 0.131. The molecule has 1 aliphatic rings. The minimum absolute atomic E-state index is 0.153. The largest absolute Gasteiger partial charge is 0.391 e. The summed E-state index contributed by atoms with van der Waals surface area (Å²) in [5.41, 5.74) is 0. The van der Waals surface area contributed by atoms with Crippen molar-refractivity contribution in [2.75, 3.05) is 13.6 Å². The molecule has 5 heteroatoms. The van der Waals surface area contributed by atoms with Crippen LogP contribution >= 0.6 is 0 Å². The highest BCUT2D eigenvalue weighted by molar-refractivity contribution is 7.89. The zero-order valence-corrected chi connectivity index (χ0v) is 12.8. The Labute approximate surface area is 125 Å². The fourth-order valence-electron chi connectivity index (χ4n) is 2.50. The van der Waals surface area contributed by atoms with E-state index >= 15 is 0 Å². The maximum atomic E-state index is 12.6. The quantitative estimate of drug-likeness (QED) is 0.921. The molecule has 0 bridgehead atoms. The second-order valence-electron chi connectivity index (χ2n) is 5.70. The van der Waals surface area contributed by atoms with Gasteiger partial charge in [0.15, 0.2) is 0 Å². The van der Waals surface area contributed by atoms with E-state index in [9.17, 15) is 13.5 Å². The summed E-state index contributed by atoms with van der Waals surface area (Å²) < 4.78 is 26.4. The molecule has 0 amide bonds. The molecular formula is C16H19NO3S. The molecule has 21 heavy (non-hydrogen) atoms. The average Bonchev–Trinajstić information content (AvgIpc) is 3.31. The van der Waals surface area contributed by atoms with E-state index in [0.717, 1.165) is 23.6 Å². The lowest BCUT2D eigenvalue weighted by Gasteiger charge is -2.20. The highest BCUT2D eigenvalue weighted by atomic mass is 32.2. The van der Waals surface area contributed by atoms with Gasteiger partial charge in [-0.2, -0.15) is 4.31 Å². The van der Waals surface area contributed by atoms with Crippen molar-refractivity contribution in [3.8, 4) is 0 Å². The summed E-state index contributed by atoms with van der Waals surface area (Å²) in [4.78, 5) is 0.270. The molecule has 1 N–H and O–H groups in total. The molecule has 0 saturated heterocycles. The van der Waals surface area contributed by atoms with E-state index < -0.39 is 16.1 Å². The van der Waals surface area contributed by atoms with Crippen LogP contribution in [-0.2, 0) is 10.0 Å². The van der Waals surface area contributed by atoms with Crippen molar-refractivity contribution in [2.24, 2.45) is 5.92 Å². The van der Waals surface area contributed by atoms with Gasteiger partial charge in [-0.05, 0) is 41.7 Å². The van der Waals surface area contributed by atoms with Crippen molar-refractivity contribution in [3.63, 3.8) is 0 Å². The van der Waals surface area contributed by atoms with Gasteiger partial charge in [-0.15, -0.1) is 0 Å². The second kappa shape index (κ2) is 5.40. The molecule has 1 saturated carbocycles. The van der Waals surface area contributed by atoms with Gasteiger partial charge in [0.25, 0.3) is 0 Å². The monoisotopic (exact) mass is 305 g/mol. The first-order valence-corrected chi connectivity index (χ1v) is 8.56. The van der Waals surface area contributed by atoms with Gasteiger partial charge in [-0.3, -0.25) is 0 Å². The van der Waals surface area contributed by atoms with Crippen LogP contribution in [-0.4, -0.2) is 37.5 Å². The zero-order valence-electron chi connectivity index (χ0n) is 11.9. The maximum Gasteiger partial charge on any atom is 0.242 e. The number of likely N-dealkylation sites (N-methyl/N-ethyl adjacent to an activating group) is 1. The van der Waals surface area contributed by atoms with E-state index in [0.29, 0.717) is 0 Å². The topological polar surface area (TPSA) is 57.6 Å². The van der Waals surface area contributed by atoms with Crippen molar-refractivity contribution in [1.82, 2.24) is 4.31 Å². The molecule has 1 aliphatic carbocycles. The van der Waals surface area contributed by atoms with E-state index in [2.05, 4.69) is 0 Å². The van der Waals surface area contributed by atoms with E-state index in [1.54, 1.807) is 12.1 Å². The molecule has 0 aliphatic heterocycles. The molecular weight excluding hydrogens is 286 g/mol. The summed E-state index contributed by atoms with van der Waals surface area (Å²) in [6.07, 6.45) is 1.42. The number of aliphatic hydroxyl groups excluding tert-OH is 1. The summed E-state index contributed by atoms with van der Waals surface area (Å²) in [7, 11) is -2.03. The summed E-state index contributed by atoms with van der Waals surface area (Å²) in [5.74, 6) is 0.263. The van der Waals surface area contributed by atoms with E-state index in [-0.39, 0.29) is 17.4 Å². The van der Waals surface area contributed by atoms with Crippen LogP contribution in [0.25, 0.3) is 10.8 Å². The van der Waals surface area contributed by atoms with Crippen molar-refractivity contribution in [3.05, 3.63) is 42.5 Å². The van der Waals surface area contributed by atoms with Gasteiger partial charge in [-0.25, -0.2) is 8.42 Å². The molecule has 1 unspecified atom stereocenters. The lowest BCUT2D eigenvalue weighted by Crippen LogP contribution is -2.35. The van der Waals surface area contributed by atoms with Crippen LogP contribution in [0.1, 0.15) is 12.8 Å². The third-order valence-electron chi connectivity index (χ3n) is 4.04. The molecule has 1 atom stereocenters. The SMILES string of the molecule is CN(CC(O)C1CC1)S(=O)(=O)c1ccc2ccccc2c1. The average molecular weight is 305 g/mol.